The predicted molar refractivity (Wildman–Crippen MR) is 83.9 cm³/mol. The Morgan fingerprint density at radius 2 is 1.90 bits per heavy atom. The second-order valence-corrected chi connectivity index (χ2v) is 6.18. The molecule has 1 aliphatic rings. The fourth-order valence-electron chi connectivity index (χ4n) is 2.92. The van der Waals surface area contributed by atoms with Gasteiger partial charge in [0.25, 0.3) is 0 Å². The Morgan fingerprint density at radius 1 is 1.29 bits per heavy atom. The number of esters is 1. The Hall–Kier alpha value is -1.39. The molecule has 116 valence electrons. The number of piperazine rings is 1. The number of carbonyl (C=O) groups is 1. The van der Waals surface area contributed by atoms with Gasteiger partial charge in [0.05, 0.1) is 5.92 Å². The molecule has 0 spiro atoms. The van der Waals surface area contributed by atoms with E-state index in [-0.39, 0.29) is 11.9 Å². The predicted octanol–water partition coefficient (Wildman–Crippen LogP) is 2.05. The molecular formula is C17H26N2O2. The number of rotatable bonds is 5. The smallest absolute Gasteiger partial charge is 0.310 e. The molecule has 1 aromatic rings. The van der Waals surface area contributed by atoms with Crippen LogP contribution < -0.4 is 5.32 Å². The third kappa shape index (κ3) is 5.14. The van der Waals surface area contributed by atoms with Crippen LogP contribution >= 0.6 is 0 Å². The lowest BCUT2D eigenvalue weighted by molar-refractivity contribution is -0.150. The molecule has 0 amide bonds. The molecule has 1 heterocycles. The molecule has 21 heavy (non-hydrogen) atoms. The summed E-state index contributed by atoms with van der Waals surface area (Å²) >= 11 is 0. The van der Waals surface area contributed by atoms with Crippen LogP contribution in [0, 0.1) is 5.92 Å². The Morgan fingerprint density at radius 3 is 2.52 bits per heavy atom. The third-order valence-electron chi connectivity index (χ3n) is 3.79. The molecule has 1 aromatic carbocycles. The number of hydrogen-bond acceptors (Lipinski definition) is 4. The van der Waals surface area contributed by atoms with Crippen LogP contribution in [-0.2, 0) is 16.1 Å². The summed E-state index contributed by atoms with van der Waals surface area (Å²) in [6.07, 6.45) is 0. The Labute approximate surface area is 127 Å². The lowest BCUT2D eigenvalue weighted by Crippen LogP contribution is -2.55. The van der Waals surface area contributed by atoms with Crippen molar-refractivity contribution in [2.45, 2.75) is 39.5 Å². The van der Waals surface area contributed by atoms with Gasteiger partial charge in [-0.3, -0.25) is 9.69 Å². The van der Waals surface area contributed by atoms with Gasteiger partial charge in [-0.05, 0) is 19.4 Å². The van der Waals surface area contributed by atoms with E-state index in [1.54, 1.807) is 0 Å². The summed E-state index contributed by atoms with van der Waals surface area (Å²) in [5.74, 6) is -0.205. The Kier molecular flexibility index (Phi) is 5.76. The minimum absolute atomic E-state index is 0.0915. The molecule has 3 unspecified atom stereocenters. The maximum absolute atomic E-state index is 12.1. The average molecular weight is 290 g/mol. The van der Waals surface area contributed by atoms with Crippen LogP contribution in [0.15, 0.2) is 30.3 Å². The van der Waals surface area contributed by atoms with Crippen LogP contribution in [0.2, 0.25) is 0 Å². The first-order valence-electron chi connectivity index (χ1n) is 7.73. The molecule has 4 heteroatoms. The van der Waals surface area contributed by atoms with Crippen molar-refractivity contribution < 1.29 is 9.53 Å². The van der Waals surface area contributed by atoms with Crippen molar-refractivity contribution in [3.63, 3.8) is 0 Å². The van der Waals surface area contributed by atoms with Gasteiger partial charge in [-0.25, -0.2) is 0 Å². The number of carbonyl (C=O) groups excluding carboxylic acids is 1. The van der Waals surface area contributed by atoms with Gasteiger partial charge in [0, 0.05) is 31.7 Å². The van der Waals surface area contributed by atoms with Gasteiger partial charge in [-0.15, -0.1) is 0 Å². The maximum atomic E-state index is 12.1. The Balaban J connectivity index is 1.77. The second kappa shape index (κ2) is 7.57. The summed E-state index contributed by atoms with van der Waals surface area (Å²) in [6, 6.07) is 10.8. The van der Waals surface area contributed by atoms with E-state index in [0.717, 1.165) is 25.2 Å². The van der Waals surface area contributed by atoms with Crippen LogP contribution in [0.25, 0.3) is 0 Å². The molecular weight excluding hydrogens is 264 g/mol. The molecule has 1 saturated heterocycles. The van der Waals surface area contributed by atoms with Crippen molar-refractivity contribution in [3.8, 4) is 0 Å². The molecule has 1 fully saturated rings. The molecule has 1 aliphatic heterocycles. The highest BCUT2D eigenvalue weighted by Crippen LogP contribution is 2.10. The van der Waals surface area contributed by atoms with Crippen molar-refractivity contribution in [3.05, 3.63) is 35.9 Å². The molecule has 3 atom stereocenters. The number of hydrogen-bond donors (Lipinski definition) is 1. The van der Waals surface area contributed by atoms with Crippen molar-refractivity contribution in [1.29, 1.82) is 0 Å². The zero-order chi connectivity index (χ0) is 15.2. The molecule has 2 rings (SSSR count). The number of ether oxygens (including phenoxy) is 1. The quantitative estimate of drug-likeness (QED) is 0.843. The summed E-state index contributed by atoms with van der Waals surface area (Å²) in [5.41, 5.74) is 1.03. The van der Waals surface area contributed by atoms with E-state index in [1.807, 2.05) is 37.3 Å². The van der Waals surface area contributed by atoms with Gasteiger partial charge >= 0.3 is 5.97 Å². The van der Waals surface area contributed by atoms with Crippen LogP contribution in [0.3, 0.4) is 0 Å². The van der Waals surface area contributed by atoms with Crippen LogP contribution in [-0.4, -0.2) is 42.6 Å². The van der Waals surface area contributed by atoms with Crippen molar-refractivity contribution in [2.75, 3.05) is 19.6 Å². The molecule has 0 bridgehead atoms. The van der Waals surface area contributed by atoms with Crippen LogP contribution in [0.4, 0.5) is 0 Å². The summed E-state index contributed by atoms with van der Waals surface area (Å²) in [6.45, 7) is 9.41. The largest absolute Gasteiger partial charge is 0.461 e. The zero-order valence-electron chi connectivity index (χ0n) is 13.2. The molecule has 0 radical (unpaired) electrons. The minimum Gasteiger partial charge on any atom is -0.461 e. The topological polar surface area (TPSA) is 41.6 Å². The molecule has 0 saturated carbocycles. The molecule has 4 nitrogen and oxygen atoms in total. The van der Waals surface area contributed by atoms with E-state index in [0.29, 0.717) is 18.7 Å². The third-order valence-corrected chi connectivity index (χ3v) is 3.79. The van der Waals surface area contributed by atoms with E-state index < -0.39 is 0 Å². The summed E-state index contributed by atoms with van der Waals surface area (Å²) in [7, 11) is 0. The Bertz CT molecular complexity index is 439. The van der Waals surface area contributed by atoms with Gasteiger partial charge in [0.1, 0.15) is 6.61 Å². The van der Waals surface area contributed by atoms with Crippen molar-refractivity contribution >= 4 is 5.97 Å². The van der Waals surface area contributed by atoms with E-state index in [9.17, 15) is 4.79 Å². The fourth-order valence-corrected chi connectivity index (χ4v) is 2.92. The summed E-state index contributed by atoms with van der Waals surface area (Å²) < 4.78 is 5.40. The van der Waals surface area contributed by atoms with Gasteiger partial charge in [-0.1, -0.05) is 37.3 Å². The van der Waals surface area contributed by atoms with Crippen molar-refractivity contribution in [2.24, 2.45) is 5.92 Å². The number of benzene rings is 1. The van der Waals surface area contributed by atoms with Crippen LogP contribution in [0.5, 0.6) is 0 Å². The van der Waals surface area contributed by atoms with Crippen molar-refractivity contribution in [1.82, 2.24) is 10.2 Å². The van der Waals surface area contributed by atoms with E-state index in [1.165, 1.54) is 0 Å². The highest BCUT2D eigenvalue weighted by Gasteiger charge is 2.24. The van der Waals surface area contributed by atoms with E-state index in [2.05, 4.69) is 24.1 Å². The minimum atomic E-state index is -0.113. The maximum Gasteiger partial charge on any atom is 0.310 e. The number of nitrogens with one attached hydrogen (secondary N) is 1. The van der Waals surface area contributed by atoms with Gasteiger partial charge in [-0.2, -0.15) is 0 Å². The lowest BCUT2D eigenvalue weighted by atomic mass is 10.1. The SMILES string of the molecule is CC1CN(CC(C)C(=O)OCc2ccccc2)CC(C)N1. The molecule has 1 N–H and O–H groups in total. The first-order chi connectivity index (χ1) is 10.0. The average Bonchev–Trinajstić information content (AvgIpc) is 2.44. The fraction of sp³-hybridized carbons (Fsp3) is 0.588. The van der Waals surface area contributed by atoms with Gasteiger partial charge in [0.2, 0.25) is 0 Å². The summed E-state index contributed by atoms with van der Waals surface area (Å²) in [5, 5.41) is 3.50. The highest BCUT2D eigenvalue weighted by molar-refractivity contribution is 5.72. The zero-order valence-corrected chi connectivity index (χ0v) is 13.2. The lowest BCUT2D eigenvalue weighted by Gasteiger charge is -2.37. The molecule has 0 aromatic heterocycles. The first-order valence-corrected chi connectivity index (χ1v) is 7.73. The van der Waals surface area contributed by atoms with Crippen LogP contribution in [0.1, 0.15) is 26.3 Å². The highest BCUT2D eigenvalue weighted by atomic mass is 16.5. The normalized spacial score (nSPS) is 24.5. The van der Waals surface area contributed by atoms with Gasteiger partial charge < -0.3 is 10.1 Å². The molecule has 0 aliphatic carbocycles. The van der Waals surface area contributed by atoms with E-state index in [4.69, 9.17) is 4.74 Å². The first kappa shape index (κ1) is 16.0. The standard InChI is InChI=1S/C17H26N2O2/c1-13(9-19-10-14(2)18-15(3)11-19)17(20)21-12-16-7-5-4-6-8-16/h4-8,13-15,18H,9-12H2,1-3H3. The van der Waals surface area contributed by atoms with E-state index >= 15 is 0 Å². The monoisotopic (exact) mass is 290 g/mol. The van der Waals surface area contributed by atoms with Gasteiger partial charge in [0.15, 0.2) is 0 Å². The number of nitrogens with zero attached hydrogens (tertiary/aromatic N) is 1. The second-order valence-electron chi connectivity index (χ2n) is 6.18. The summed E-state index contributed by atoms with van der Waals surface area (Å²) in [4.78, 5) is 14.4.